The molecule has 2 N–H and O–H groups in total. The van der Waals surface area contributed by atoms with Gasteiger partial charge in [-0.2, -0.15) is 0 Å². The Morgan fingerprint density at radius 1 is 0.919 bits per heavy atom. The van der Waals surface area contributed by atoms with Gasteiger partial charge in [0, 0.05) is 17.7 Å². The Balaban J connectivity index is 2.95. The van der Waals surface area contributed by atoms with Crippen molar-refractivity contribution in [3.8, 4) is 0 Å². The van der Waals surface area contributed by atoms with Crippen molar-refractivity contribution in [2.75, 3.05) is 5.32 Å². The van der Waals surface area contributed by atoms with E-state index < -0.39 is 37.6 Å². The molecule has 8 nitrogen and oxygen atoms in total. The summed E-state index contributed by atoms with van der Waals surface area (Å²) in [7, 11) is -1.98. The fourth-order valence-electron chi connectivity index (χ4n) is 3.00. The van der Waals surface area contributed by atoms with Crippen LogP contribution in [-0.4, -0.2) is 43.5 Å². The molecule has 37 heavy (non-hydrogen) atoms. The van der Waals surface area contributed by atoms with Gasteiger partial charge in [0.15, 0.2) is 8.32 Å². The minimum atomic E-state index is -1.98. The Morgan fingerprint density at radius 2 is 1.49 bits per heavy atom. The van der Waals surface area contributed by atoms with Gasteiger partial charge in [0.25, 0.3) is 0 Å². The van der Waals surface area contributed by atoms with E-state index in [-0.39, 0.29) is 23.8 Å². The quantitative estimate of drug-likeness (QED) is 0.277. The summed E-state index contributed by atoms with van der Waals surface area (Å²) in [4.78, 5) is 38.0. The van der Waals surface area contributed by atoms with Crippen LogP contribution in [0.25, 0.3) is 0 Å². The van der Waals surface area contributed by atoms with Crippen molar-refractivity contribution < 1.29 is 28.3 Å². The number of aryl methyl sites for hydroxylation is 1. The summed E-state index contributed by atoms with van der Waals surface area (Å²) in [6.45, 7) is 23.8. The zero-order valence-corrected chi connectivity index (χ0v) is 25.9. The molecule has 2 amide bonds. The van der Waals surface area contributed by atoms with Crippen LogP contribution in [0, 0.1) is 6.92 Å². The van der Waals surface area contributed by atoms with Crippen molar-refractivity contribution in [2.24, 2.45) is 0 Å². The van der Waals surface area contributed by atoms with E-state index in [2.05, 4.69) is 44.5 Å². The highest BCUT2D eigenvalue weighted by Crippen LogP contribution is 2.37. The Kier molecular flexibility index (Phi) is 11.0. The SMILES string of the molecule is Cc1ccc(NC(=O)CC[C@H](NC(=O)OC(C)(C)C)C(=O)OC(C)(C)C)c(CO[Si](C)(C)C(C)(C)C)c1. The monoisotopic (exact) mass is 536 g/mol. The maximum absolute atomic E-state index is 12.9. The minimum absolute atomic E-state index is 0.00385. The first-order valence-corrected chi connectivity index (χ1v) is 15.8. The number of alkyl carbamates (subject to hydrolysis) is 1. The zero-order chi connectivity index (χ0) is 28.8. The zero-order valence-electron chi connectivity index (χ0n) is 24.9. The first-order valence-electron chi connectivity index (χ1n) is 12.9. The fraction of sp³-hybridized carbons (Fsp3) is 0.679. The lowest BCUT2D eigenvalue weighted by atomic mass is 10.1. The van der Waals surface area contributed by atoms with Crippen LogP contribution >= 0.6 is 0 Å². The van der Waals surface area contributed by atoms with Crippen molar-refractivity contribution in [1.29, 1.82) is 0 Å². The summed E-state index contributed by atoms with van der Waals surface area (Å²) in [5.41, 5.74) is 1.16. The van der Waals surface area contributed by atoms with Gasteiger partial charge < -0.3 is 24.5 Å². The van der Waals surface area contributed by atoms with Crippen LogP contribution in [0.2, 0.25) is 18.1 Å². The van der Waals surface area contributed by atoms with E-state index in [0.29, 0.717) is 12.3 Å². The van der Waals surface area contributed by atoms with Crippen molar-refractivity contribution in [1.82, 2.24) is 5.32 Å². The highest BCUT2D eigenvalue weighted by Gasteiger charge is 2.37. The van der Waals surface area contributed by atoms with Crippen molar-refractivity contribution in [2.45, 2.75) is 124 Å². The minimum Gasteiger partial charge on any atom is -0.458 e. The number of anilines is 1. The number of carbonyl (C=O) groups excluding carboxylic acids is 3. The second-order valence-electron chi connectivity index (χ2n) is 13.0. The van der Waals surface area contributed by atoms with E-state index in [1.54, 1.807) is 41.5 Å². The highest BCUT2D eigenvalue weighted by molar-refractivity contribution is 6.74. The number of hydrogen-bond donors (Lipinski definition) is 2. The molecule has 0 bridgehead atoms. The van der Waals surface area contributed by atoms with Gasteiger partial charge in [-0.15, -0.1) is 0 Å². The second kappa shape index (κ2) is 12.4. The van der Waals surface area contributed by atoms with Gasteiger partial charge in [-0.25, -0.2) is 9.59 Å². The molecule has 0 heterocycles. The smallest absolute Gasteiger partial charge is 0.408 e. The van der Waals surface area contributed by atoms with Crippen LogP contribution in [0.1, 0.15) is 86.3 Å². The van der Waals surface area contributed by atoms with Gasteiger partial charge in [-0.3, -0.25) is 4.79 Å². The average Bonchev–Trinajstić information content (AvgIpc) is 2.67. The van der Waals surface area contributed by atoms with Crippen molar-refractivity contribution in [3.05, 3.63) is 29.3 Å². The number of amides is 2. The Morgan fingerprint density at radius 3 is 2.00 bits per heavy atom. The molecule has 1 atom stereocenters. The Labute approximate surface area is 224 Å². The Hall–Kier alpha value is -2.39. The predicted molar refractivity (Wildman–Crippen MR) is 150 cm³/mol. The van der Waals surface area contributed by atoms with E-state index in [1.165, 1.54) is 0 Å². The lowest BCUT2D eigenvalue weighted by molar-refractivity contribution is -0.157. The van der Waals surface area contributed by atoms with Gasteiger partial charge in [0.2, 0.25) is 5.91 Å². The van der Waals surface area contributed by atoms with Crippen LogP contribution < -0.4 is 10.6 Å². The van der Waals surface area contributed by atoms with E-state index >= 15 is 0 Å². The van der Waals surface area contributed by atoms with E-state index in [1.807, 2.05) is 25.1 Å². The summed E-state index contributed by atoms with van der Waals surface area (Å²) in [5.74, 6) is -0.901. The Bertz CT molecular complexity index is 955. The predicted octanol–water partition coefficient (Wildman–Crippen LogP) is 6.47. The molecule has 0 saturated carbocycles. The summed E-state index contributed by atoms with van der Waals surface area (Å²) in [6.07, 6.45) is -0.690. The third kappa shape index (κ3) is 12.1. The molecular formula is C28H48N2O6Si. The van der Waals surface area contributed by atoms with Crippen LogP contribution in [0.5, 0.6) is 0 Å². The van der Waals surface area contributed by atoms with Gasteiger partial charge in [0.05, 0.1) is 6.61 Å². The molecule has 1 aromatic carbocycles. The lowest BCUT2D eigenvalue weighted by Gasteiger charge is -2.36. The number of esters is 1. The highest BCUT2D eigenvalue weighted by atomic mass is 28.4. The molecule has 1 rings (SSSR count). The molecule has 1 aromatic rings. The lowest BCUT2D eigenvalue weighted by Crippen LogP contribution is -2.46. The topological polar surface area (TPSA) is 103 Å². The third-order valence-electron chi connectivity index (χ3n) is 5.97. The molecule has 210 valence electrons. The van der Waals surface area contributed by atoms with Crippen molar-refractivity contribution in [3.63, 3.8) is 0 Å². The summed E-state index contributed by atoms with van der Waals surface area (Å²) >= 11 is 0. The van der Waals surface area contributed by atoms with Gasteiger partial charge in [0.1, 0.15) is 17.2 Å². The summed E-state index contributed by atoms with van der Waals surface area (Å²) in [5, 5.41) is 5.57. The number of ether oxygens (including phenoxy) is 2. The molecular weight excluding hydrogens is 488 g/mol. The first-order chi connectivity index (χ1) is 16.6. The summed E-state index contributed by atoms with van der Waals surface area (Å²) < 4.78 is 17.1. The van der Waals surface area contributed by atoms with Crippen LogP contribution in [0.3, 0.4) is 0 Å². The van der Waals surface area contributed by atoms with Gasteiger partial charge >= 0.3 is 12.1 Å². The molecule has 0 aliphatic rings. The number of carbonyl (C=O) groups is 3. The molecule has 9 heteroatoms. The van der Waals surface area contributed by atoms with E-state index in [0.717, 1.165) is 11.1 Å². The average molecular weight is 537 g/mol. The second-order valence-corrected chi connectivity index (χ2v) is 17.8. The van der Waals surface area contributed by atoms with Gasteiger partial charge in [-0.05, 0) is 79.1 Å². The number of rotatable bonds is 9. The number of nitrogens with one attached hydrogen (secondary N) is 2. The van der Waals surface area contributed by atoms with Crippen LogP contribution in [0.4, 0.5) is 10.5 Å². The number of hydrogen-bond acceptors (Lipinski definition) is 6. The molecule has 0 saturated heterocycles. The standard InChI is InChI=1S/C28H48N2O6Si/c1-19-13-14-21(20(17-19)18-34-37(11,12)28(8,9)10)29-23(31)16-15-22(24(32)35-26(2,3)4)30-25(33)36-27(5,6)7/h13-14,17,22H,15-16,18H2,1-12H3,(H,29,31)(H,30,33)/t22-/m0/s1. The van der Waals surface area contributed by atoms with E-state index in [9.17, 15) is 14.4 Å². The molecule has 0 unspecified atom stereocenters. The number of benzene rings is 1. The van der Waals surface area contributed by atoms with Crippen LogP contribution in [0.15, 0.2) is 18.2 Å². The first kappa shape index (κ1) is 32.6. The maximum atomic E-state index is 12.9. The molecule has 0 aromatic heterocycles. The fourth-order valence-corrected chi connectivity index (χ4v) is 3.95. The third-order valence-corrected chi connectivity index (χ3v) is 10.5. The molecule has 0 fully saturated rings. The largest absolute Gasteiger partial charge is 0.458 e. The van der Waals surface area contributed by atoms with E-state index in [4.69, 9.17) is 13.9 Å². The molecule has 0 radical (unpaired) electrons. The summed E-state index contributed by atoms with van der Waals surface area (Å²) in [6, 6.07) is 4.77. The molecule has 0 spiro atoms. The molecule has 0 aliphatic heterocycles. The van der Waals surface area contributed by atoms with Crippen molar-refractivity contribution >= 4 is 32.0 Å². The van der Waals surface area contributed by atoms with Gasteiger partial charge in [-0.1, -0.05) is 38.5 Å². The van der Waals surface area contributed by atoms with Crippen LogP contribution in [-0.2, 0) is 30.1 Å². The normalized spacial score (nSPS) is 13.5. The maximum Gasteiger partial charge on any atom is 0.408 e. The molecule has 0 aliphatic carbocycles.